The molecule has 3 aliphatic heterocycles. The van der Waals surface area contributed by atoms with Gasteiger partial charge in [0.15, 0.2) is 0 Å². The van der Waals surface area contributed by atoms with Crippen LogP contribution in [-0.2, 0) is 4.74 Å². The van der Waals surface area contributed by atoms with Crippen molar-refractivity contribution in [1.29, 1.82) is 0 Å². The first-order chi connectivity index (χ1) is 17.4. The normalized spacial score (nSPS) is 23.3. The zero-order valence-corrected chi connectivity index (χ0v) is 22.5. The maximum absolute atomic E-state index is 13.1. The van der Waals surface area contributed by atoms with Gasteiger partial charge in [-0.25, -0.2) is 0 Å². The van der Waals surface area contributed by atoms with Gasteiger partial charge >= 0.3 is 0 Å². The Bertz CT molecular complexity index is 1070. The monoisotopic (exact) mass is 511 g/mol. The number of piperazine rings is 1. The van der Waals surface area contributed by atoms with E-state index in [9.17, 15) is 4.79 Å². The molecule has 3 heterocycles. The van der Waals surface area contributed by atoms with Crippen LogP contribution in [0.3, 0.4) is 0 Å². The third-order valence-corrected chi connectivity index (χ3v) is 8.59. The zero-order valence-electron chi connectivity index (χ0n) is 21.7. The molecule has 1 amide bonds. The lowest BCUT2D eigenvalue weighted by atomic mass is 9.96. The van der Waals surface area contributed by atoms with Crippen molar-refractivity contribution in [2.75, 3.05) is 52.5 Å². The van der Waals surface area contributed by atoms with Gasteiger partial charge in [0.05, 0.1) is 19.8 Å². The van der Waals surface area contributed by atoms with Gasteiger partial charge < -0.3 is 14.4 Å². The number of hydrogen-bond donors (Lipinski definition) is 0. The minimum Gasteiger partial charge on any atom is -0.493 e. The number of carbonyl (C=O) groups excluding carboxylic acids is 1. The highest BCUT2D eigenvalue weighted by atomic mass is 35.5. The van der Waals surface area contributed by atoms with E-state index in [0.29, 0.717) is 17.1 Å². The average molecular weight is 512 g/mol. The molecule has 3 saturated heterocycles. The van der Waals surface area contributed by atoms with Crippen molar-refractivity contribution in [1.82, 2.24) is 14.7 Å². The number of rotatable bonds is 8. The second-order valence-corrected chi connectivity index (χ2v) is 10.9. The van der Waals surface area contributed by atoms with E-state index in [-0.39, 0.29) is 11.9 Å². The maximum atomic E-state index is 13.1. The van der Waals surface area contributed by atoms with Crippen molar-refractivity contribution in [3.05, 3.63) is 63.7 Å². The molecule has 2 aromatic carbocycles. The summed E-state index contributed by atoms with van der Waals surface area (Å²) in [6, 6.07) is 12.6. The Hall–Kier alpha value is -2.12. The molecule has 0 aliphatic carbocycles. The first-order valence-electron chi connectivity index (χ1n) is 13.3. The van der Waals surface area contributed by atoms with E-state index in [0.717, 1.165) is 76.7 Å². The summed E-state index contributed by atoms with van der Waals surface area (Å²) in [6.07, 6.45) is 2.07. The fourth-order valence-electron chi connectivity index (χ4n) is 6.08. The van der Waals surface area contributed by atoms with E-state index in [4.69, 9.17) is 21.1 Å². The smallest absolute Gasteiger partial charge is 0.254 e. The minimum absolute atomic E-state index is 0.119. The van der Waals surface area contributed by atoms with Gasteiger partial charge in [-0.1, -0.05) is 17.7 Å². The lowest BCUT2D eigenvalue weighted by Gasteiger charge is -2.38. The summed E-state index contributed by atoms with van der Waals surface area (Å²) in [5.41, 5.74) is 4.62. The second-order valence-electron chi connectivity index (χ2n) is 10.4. The highest BCUT2D eigenvalue weighted by Gasteiger charge is 2.47. The number of carbonyl (C=O) groups is 1. The van der Waals surface area contributed by atoms with Crippen LogP contribution in [0, 0.1) is 13.8 Å². The Kier molecular flexibility index (Phi) is 7.87. The number of hydrogen-bond acceptors (Lipinski definition) is 5. The molecular formula is C29H38ClN3O3. The Balaban J connectivity index is 1.17. The zero-order chi connectivity index (χ0) is 25.2. The highest BCUT2D eigenvalue weighted by Crippen LogP contribution is 2.39. The van der Waals surface area contributed by atoms with Gasteiger partial charge in [-0.15, -0.1) is 0 Å². The third-order valence-electron chi connectivity index (χ3n) is 8.34. The predicted molar refractivity (Wildman–Crippen MR) is 143 cm³/mol. The van der Waals surface area contributed by atoms with Crippen LogP contribution in [0.25, 0.3) is 0 Å². The molecule has 5 rings (SSSR count). The highest BCUT2D eigenvalue weighted by molar-refractivity contribution is 6.30. The lowest BCUT2D eigenvalue weighted by Crippen LogP contribution is -2.49. The Morgan fingerprint density at radius 3 is 2.50 bits per heavy atom. The quantitative estimate of drug-likeness (QED) is 0.480. The fraction of sp³-hybridized carbons (Fsp3) is 0.552. The van der Waals surface area contributed by atoms with Crippen molar-refractivity contribution in [2.24, 2.45) is 0 Å². The number of morpholine rings is 1. The molecule has 2 aromatic rings. The van der Waals surface area contributed by atoms with Gasteiger partial charge in [0.1, 0.15) is 5.75 Å². The van der Waals surface area contributed by atoms with Gasteiger partial charge in [-0.3, -0.25) is 14.6 Å². The largest absolute Gasteiger partial charge is 0.493 e. The molecule has 2 bridgehead atoms. The summed E-state index contributed by atoms with van der Waals surface area (Å²) in [4.78, 5) is 20.2. The van der Waals surface area contributed by atoms with E-state index in [1.54, 1.807) is 12.1 Å². The Morgan fingerprint density at radius 1 is 1.06 bits per heavy atom. The molecule has 0 saturated carbocycles. The molecule has 0 radical (unpaired) electrons. The molecule has 3 fully saturated rings. The van der Waals surface area contributed by atoms with Crippen molar-refractivity contribution in [3.63, 3.8) is 0 Å². The van der Waals surface area contributed by atoms with Gasteiger partial charge in [0.2, 0.25) is 0 Å². The molecule has 7 heteroatoms. The summed E-state index contributed by atoms with van der Waals surface area (Å²) in [5.74, 6) is 1.11. The molecular weight excluding hydrogens is 474 g/mol. The molecule has 0 aromatic heterocycles. The number of ether oxygens (including phenoxy) is 2. The van der Waals surface area contributed by atoms with Crippen LogP contribution >= 0.6 is 11.6 Å². The maximum Gasteiger partial charge on any atom is 0.254 e. The van der Waals surface area contributed by atoms with Gasteiger partial charge in [-0.05, 0) is 80.6 Å². The number of nitrogens with zero attached hydrogens (tertiary/aromatic N) is 3. The molecule has 0 N–H and O–H groups in total. The van der Waals surface area contributed by atoms with Crippen LogP contribution in [0.2, 0.25) is 5.02 Å². The lowest BCUT2D eigenvalue weighted by molar-refractivity contribution is 0.0358. The Labute approximate surface area is 220 Å². The summed E-state index contributed by atoms with van der Waals surface area (Å²) in [7, 11) is 0. The van der Waals surface area contributed by atoms with Gasteiger partial charge in [0, 0.05) is 61.4 Å². The van der Waals surface area contributed by atoms with Gasteiger partial charge in [0.25, 0.3) is 5.91 Å². The van der Waals surface area contributed by atoms with E-state index >= 15 is 0 Å². The third kappa shape index (κ3) is 5.28. The SMILES string of the molecule is Cc1c(OCCCN2CCOCC2)ccc([C@H](C)N2C[C@@H]3C[C@H]2CN3C(=O)c2ccc(Cl)cc2)c1C. The molecule has 36 heavy (non-hydrogen) atoms. The van der Waals surface area contributed by atoms with Crippen molar-refractivity contribution in [2.45, 2.75) is 51.7 Å². The number of fused-ring (bicyclic) bond motifs is 2. The molecule has 0 spiro atoms. The fourth-order valence-corrected chi connectivity index (χ4v) is 6.20. The summed E-state index contributed by atoms with van der Waals surface area (Å²) in [5, 5.41) is 0.657. The van der Waals surface area contributed by atoms with Gasteiger partial charge in [-0.2, -0.15) is 0 Å². The number of amides is 1. The summed E-state index contributed by atoms with van der Waals surface area (Å²) < 4.78 is 11.6. The number of benzene rings is 2. The van der Waals surface area contributed by atoms with Crippen LogP contribution in [-0.4, -0.2) is 85.2 Å². The van der Waals surface area contributed by atoms with Crippen LogP contribution in [0.1, 0.15) is 52.9 Å². The van der Waals surface area contributed by atoms with Crippen molar-refractivity contribution < 1.29 is 14.3 Å². The van der Waals surface area contributed by atoms with E-state index in [1.807, 2.05) is 12.1 Å². The van der Waals surface area contributed by atoms with E-state index < -0.39 is 0 Å². The van der Waals surface area contributed by atoms with Crippen LogP contribution < -0.4 is 4.74 Å². The first kappa shape index (κ1) is 25.5. The second kappa shape index (κ2) is 11.1. The molecule has 3 aliphatic rings. The first-order valence-corrected chi connectivity index (χ1v) is 13.7. The molecule has 0 unspecified atom stereocenters. The minimum atomic E-state index is 0.119. The molecule has 3 atom stereocenters. The topological polar surface area (TPSA) is 45.3 Å². The summed E-state index contributed by atoms with van der Waals surface area (Å²) in [6.45, 7) is 13.9. The summed E-state index contributed by atoms with van der Waals surface area (Å²) >= 11 is 6.00. The van der Waals surface area contributed by atoms with E-state index in [1.165, 1.54) is 16.7 Å². The number of likely N-dealkylation sites (tertiary alicyclic amines) is 2. The molecule has 194 valence electrons. The Morgan fingerprint density at radius 2 is 1.81 bits per heavy atom. The predicted octanol–water partition coefficient (Wildman–Crippen LogP) is 4.72. The van der Waals surface area contributed by atoms with E-state index in [2.05, 4.69) is 47.6 Å². The number of halogens is 1. The van der Waals surface area contributed by atoms with Crippen molar-refractivity contribution in [3.8, 4) is 5.75 Å². The van der Waals surface area contributed by atoms with Crippen LogP contribution in [0.5, 0.6) is 5.75 Å². The standard InChI is InChI=1S/C29H38ClN3O3/c1-20-21(2)28(36-14-4-11-31-12-15-35-16-13-31)10-9-27(20)22(3)32-18-26-17-25(32)19-33(26)29(34)23-5-7-24(30)8-6-23/h5-10,22,25-26H,4,11-19H2,1-3H3/t22-,25-,26-/m0/s1. The van der Waals surface area contributed by atoms with Crippen molar-refractivity contribution >= 4 is 17.5 Å². The molecule has 6 nitrogen and oxygen atoms in total. The van der Waals surface area contributed by atoms with Crippen LogP contribution in [0.15, 0.2) is 36.4 Å². The average Bonchev–Trinajstić information content (AvgIpc) is 3.51. The van der Waals surface area contributed by atoms with Crippen LogP contribution in [0.4, 0.5) is 0 Å².